The number of anilines is 1. The summed E-state index contributed by atoms with van der Waals surface area (Å²) in [6.45, 7) is 6.80. The van der Waals surface area contributed by atoms with Gasteiger partial charge in [-0.25, -0.2) is 0 Å². The van der Waals surface area contributed by atoms with Gasteiger partial charge in [0.1, 0.15) is 12.4 Å². The van der Waals surface area contributed by atoms with Crippen molar-refractivity contribution in [3.8, 4) is 0 Å². The molecule has 1 heterocycles. The number of carbonyl (C=O) groups excluding carboxylic acids is 2. The quantitative estimate of drug-likeness (QED) is 0.596. The molecular formula is C15H17ClN2O3. The minimum absolute atomic E-state index is 0.0886. The van der Waals surface area contributed by atoms with Crippen LogP contribution in [0.25, 0.3) is 0 Å². The monoisotopic (exact) mass is 308 g/mol. The van der Waals surface area contributed by atoms with Crippen LogP contribution in [0.1, 0.15) is 13.3 Å². The largest absolute Gasteiger partial charge is 0.456 e. The van der Waals surface area contributed by atoms with Crippen molar-refractivity contribution in [2.24, 2.45) is 0 Å². The maximum absolute atomic E-state index is 11.1. The Hall–Kier alpha value is -2.01. The SMILES string of the molecule is C=C([C@@H](CC=O)OC(C)=O)N1CCN1c1ccccc1Cl. The first-order chi connectivity index (χ1) is 10.0. The normalized spacial score (nSPS) is 15.1. The van der Waals surface area contributed by atoms with E-state index in [4.69, 9.17) is 16.3 Å². The van der Waals surface area contributed by atoms with Crippen molar-refractivity contribution in [1.82, 2.24) is 5.01 Å². The molecular weight excluding hydrogens is 292 g/mol. The third-order valence-corrected chi connectivity index (χ3v) is 3.59. The van der Waals surface area contributed by atoms with Crippen molar-refractivity contribution in [3.05, 3.63) is 41.6 Å². The molecule has 0 bridgehead atoms. The highest BCUT2D eigenvalue weighted by atomic mass is 35.5. The maximum Gasteiger partial charge on any atom is 0.303 e. The average molecular weight is 309 g/mol. The third-order valence-electron chi connectivity index (χ3n) is 3.27. The molecule has 0 spiro atoms. The second kappa shape index (κ2) is 6.63. The minimum Gasteiger partial charge on any atom is -0.456 e. The number of halogens is 1. The molecule has 112 valence electrons. The van der Waals surface area contributed by atoms with Gasteiger partial charge < -0.3 is 9.53 Å². The van der Waals surface area contributed by atoms with Crippen molar-refractivity contribution in [3.63, 3.8) is 0 Å². The van der Waals surface area contributed by atoms with Crippen molar-refractivity contribution in [2.45, 2.75) is 19.4 Å². The van der Waals surface area contributed by atoms with Crippen LogP contribution in [-0.4, -0.2) is 36.5 Å². The molecule has 1 fully saturated rings. The van der Waals surface area contributed by atoms with Gasteiger partial charge >= 0.3 is 5.97 Å². The molecule has 2 rings (SSSR count). The first kappa shape index (κ1) is 15.4. The van der Waals surface area contributed by atoms with Crippen molar-refractivity contribution in [2.75, 3.05) is 18.1 Å². The predicted molar refractivity (Wildman–Crippen MR) is 80.9 cm³/mol. The number of benzene rings is 1. The van der Waals surface area contributed by atoms with Gasteiger partial charge in [0.05, 0.1) is 29.5 Å². The Morgan fingerprint density at radius 2 is 2.19 bits per heavy atom. The zero-order valence-electron chi connectivity index (χ0n) is 11.8. The second-order valence-corrected chi connectivity index (χ2v) is 5.10. The van der Waals surface area contributed by atoms with Gasteiger partial charge in [-0.1, -0.05) is 30.3 Å². The van der Waals surface area contributed by atoms with Crippen LogP contribution in [-0.2, 0) is 14.3 Å². The summed E-state index contributed by atoms with van der Waals surface area (Å²) in [7, 11) is 0. The van der Waals surface area contributed by atoms with E-state index in [1.165, 1.54) is 6.92 Å². The van der Waals surface area contributed by atoms with Crippen LogP contribution in [0.5, 0.6) is 0 Å². The number of para-hydroxylation sites is 1. The fraction of sp³-hybridized carbons (Fsp3) is 0.333. The highest BCUT2D eigenvalue weighted by Crippen LogP contribution is 2.32. The van der Waals surface area contributed by atoms with Crippen LogP contribution in [0.15, 0.2) is 36.5 Å². The van der Waals surface area contributed by atoms with E-state index < -0.39 is 12.1 Å². The van der Waals surface area contributed by atoms with E-state index >= 15 is 0 Å². The molecule has 0 aliphatic carbocycles. The van der Waals surface area contributed by atoms with Crippen LogP contribution in [0.4, 0.5) is 5.69 Å². The molecule has 1 saturated heterocycles. The summed E-state index contributed by atoms with van der Waals surface area (Å²) in [5, 5.41) is 4.46. The van der Waals surface area contributed by atoms with Gasteiger partial charge in [-0.15, -0.1) is 0 Å². The van der Waals surface area contributed by atoms with E-state index in [1.807, 2.05) is 34.3 Å². The number of hydrogen-bond donors (Lipinski definition) is 0. The molecule has 0 aromatic heterocycles. The van der Waals surface area contributed by atoms with Crippen LogP contribution >= 0.6 is 11.6 Å². The van der Waals surface area contributed by atoms with E-state index in [1.54, 1.807) is 0 Å². The standard InChI is InChI=1S/C15H17ClN2O3/c1-11(15(7-10-19)21-12(2)20)17-8-9-18(17)14-6-4-3-5-13(14)16/h3-6,10,15H,1,7-9H2,2H3/t15-/m1/s1. The summed E-state index contributed by atoms with van der Waals surface area (Å²) in [5.41, 5.74) is 1.43. The van der Waals surface area contributed by atoms with Crippen LogP contribution in [0.3, 0.4) is 0 Å². The molecule has 1 atom stereocenters. The Kier molecular flexibility index (Phi) is 4.85. The van der Waals surface area contributed by atoms with E-state index in [9.17, 15) is 9.59 Å². The first-order valence-corrected chi connectivity index (χ1v) is 7.01. The smallest absolute Gasteiger partial charge is 0.303 e. The van der Waals surface area contributed by atoms with E-state index in [2.05, 4.69) is 6.58 Å². The molecule has 1 aliphatic rings. The van der Waals surface area contributed by atoms with Gasteiger partial charge in [0.25, 0.3) is 0 Å². The number of carbonyl (C=O) groups is 2. The molecule has 0 N–H and O–H groups in total. The molecule has 1 aromatic rings. The van der Waals surface area contributed by atoms with Gasteiger partial charge in [-0.05, 0) is 12.1 Å². The highest BCUT2D eigenvalue weighted by Gasteiger charge is 2.32. The zero-order valence-corrected chi connectivity index (χ0v) is 12.5. The summed E-state index contributed by atoms with van der Waals surface area (Å²) in [6, 6.07) is 7.47. The van der Waals surface area contributed by atoms with Crippen molar-refractivity contribution >= 4 is 29.5 Å². The summed E-state index contributed by atoms with van der Waals surface area (Å²) >= 11 is 6.19. The van der Waals surface area contributed by atoms with Crippen molar-refractivity contribution < 1.29 is 14.3 Å². The Morgan fingerprint density at radius 1 is 1.48 bits per heavy atom. The third kappa shape index (κ3) is 3.36. The Morgan fingerprint density at radius 3 is 2.71 bits per heavy atom. The van der Waals surface area contributed by atoms with Gasteiger partial charge in [-0.2, -0.15) is 0 Å². The summed E-state index contributed by atoms with van der Waals surface area (Å²) in [4.78, 5) is 21.9. The number of ether oxygens (including phenoxy) is 1. The summed E-state index contributed by atoms with van der Waals surface area (Å²) in [6.07, 6.45) is 0.161. The Labute approximate surface area is 128 Å². The van der Waals surface area contributed by atoms with Crippen LogP contribution < -0.4 is 5.01 Å². The predicted octanol–water partition coefficient (Wildman–Crippen LogP) is 2.41. The molecule has 1 aliphatic heterocycles. The second-order valence-electron chi connectivity index (χ2n) is 4.69. The molecule has 21 heavy (non-hydrogen) atoms. The average Bonchev–Trinajstić information content (AvgIpc) is 2.39. The molecule has 0 saturated carbocycles. The van der Waals surface area contributed by atoms with Crippen LogP contribution in [0.2, 0.25) is 5.02 Å². The fourth-order valence-electron chi connectivity index (χ4n) is 2.22. The molecule has 0 radical (unpaired) electrons. The molecule has 1 aromatic carbocycles. The van der Waals surface area contributed by atoms with E-state index in [0.29, 0.717) is 10.7 Å². The van der Waals surface area contributed by atoms with Gasteiger partial charge in [0, 0.05) is 13.3 Å². The van der Waals surface area contributed by atoms with E-state index in [-0.39, 0.29) is 6.42 Å². The number of nitrogens with zero attached hydrogens (tertiary/aromatic N) is 2. The lowest BCUT2D eigenvalue weighted by Gasteiger charge is -2.49. The molecule has 0 amide bonds. The lowest BCUT2D eigenvalue weighted by atomic mass is 10.1. The fourth-order valence-corrected chi connectivity index (χ4v) is 2.45. The van der Waals surface area contributed by atoms with Gasteiger partial charge in [-0.3, -0.25) is 14.8 Å². The van der Waals surface area contributed by atoms with E-state index in [0.717, 1.165) is 25.1 Å². The highest BCUT2D eigenvalue weighted by molar-refractivity contribution is 6.33. The molecule has 0 unspecified atom stereocenters. The number of esters is 1. The lowest BCUT2D eigenvalue weighted by Crippen LogP contribution is -2.58. The number of hydrogen-bond acceptors (Lipinski definition) is 5. The first-order valence-electron chi connectivity index (χ1n) is 6.63. The number of aldehydes is 1. The minimum atomic E-state index is -0.648. The van der Waals surface area contributed by atoms with Crippen molar-refractivity contribution in [1.29, 1.82) is 0 Å². The summed E-state index contributed by atoms with van der Waals surface area (Å²) < 4.78 is 5.15. The number of rotatable bonds is 6. The van der Waals surface area contributed by atoms with Gasteiger partial charge in [0.15, 0.2) is 0 Å². The zero-order chi connectivity index (χ0) is 15.4. The molecule has 5 nitrogen and oxygen atoms in total. The lowest BCUT2D eigenvalue weighted by molar-refractivity contribution is -0.146. The van der Waals surface area contributed by atoms with Gasteiger partial charge in [0.2, 0.25) is 0 Å². The maximum atomic E-state index is 11.1. The van der Waals surface area contributed by atoms with Crippen LogP contribution in [0, 0.1) is 0 Å². The summed E-state index contributed by atoms with van der Waals surface area (Å²) in [5.74, 6) is -0.437. The molecule has 6 heteroatoms. The Bertz CT molecular complexity index is 562. The Balaban J connectivity index is 2.13. The number of hydrazine groups is 1. The topological polar surface area (TPSA) is 49.9 Å².